The summed E-state index contributed by atoms with van der Waals surface area (Å²) in [7, 11) is 0. The number of rotatable bonds is 10. The van der Waals surface area contributed by atoms with Crippen molar-refractivity contribution in [3.63, 3.8) is 0 Å². The minimum absolute atomic E-state index is 0.770. The molecule has 0 aromatic carbocycles. The van der Waals surface area contributed by atoms with Crippen molar-refractivity contribution in [1.29, 1.82) is 0 Å². The topological polar surface area (TPSA) is 348 Å². The summed E-state index contributed by atoms with van der Waals surface area (Å²) in [6.45, 7) is -3.39. The highest BCUT2D eigenvalue weighted by molar-refractivity contribution is 4.97. The lowest BCUT2D eigenvalue weighted by Gasteiger charge is -2.49. The summed E-state index contributed by atoms with van der Waals surface area (Å²) in [5.41, 5.74) is 0. The van der Waals surface area contributed by atoms with Crippen LogP contribution in [0.15, 0.2) is 0 Å². The molecule has 4 saturated heterocycles. The van der Waals surface area contributed by atoms with Crippen molar-refractivity contribution in [2.45, 2.75) is 123 Å². The molecule has 4 fully saturated rings. The van der Waals surface area contributed by atoms with Gasteiger partial charge in [0.05, 0.1) is 26.4 Å². The van der Waals surface area contributed by atoms with E-state index in [0.717, 1.165) is 0 Å². The molecule has 14 N–H and O–H groups in total. The van der Waals surface area contributed by atoms with Gasteiger partial charge in [-0.3, -0.25) is 0 Å². The first-order chi connectivity index (χ1) is 21.3. The molecule has 20 atom stereocenters. The molecular weight excluding hydrogens is 624 g/mol. The van der Waals surface area contributed by atoms with Gasteiger partial charge in [-0.25, -0.2) is 0 Å². The smallest absolute Gasteiger partial charge is 0.187 e. The van der Waals surface area contributed by atoms with E-state index in [4.69, 9.17) is 33.2 Å². The van der Waals surface area contributed by atoms with Gasteiger partial charge in [-0.05, 0) is 0 Å². The molecule has 4 rings (SSSR count). The second-order valence-corrected chi connectivity index (χ2v) is 11.1. The van der Waals surface area contributed by atoms with E-state index in [0.29, 0.717) is 0 Å². The molecule has 0 aromatic rings. The summed E-state index contributed by atoms with van der Waals surface area (Å²) >= 11 is 0. The third kappa shape index (κ3) is 7.44. The predicted octanol–water partition coefficient (Wildman–Crippen LogP) is -9.75. The Morgan fingerprint density at radius 1 is 0.333 bits per heavy atom. The van der Waals surface area contributed by atoms with Crippen LogP contribution in [0.2, 0.25) is 0 Å². The largest absolute Gasteiger partial charge is 0.394 e. The third-order valence-electron chi connectivity index (χ3n) is 8.21. The van der Waals surface area contributed by atoms with Crippen molar-refractivity contribution in [3.05, 3.63) is 0 Å². The van der Waals surface area contributed by atoms with Gasteiger partial charge in [0.2, 0.25) is 0 Å². The zero-order valence-corrected chi connectivity index (χ0v) is 23.5. The standard InChI is InChI=1S/C24H42O21/c25-1-5-10(30)14(34)20(21(38)39-5)45-24-17(37)19(12(32)8(4-28)42-24)44-23-16(36)18(11(31)7(3-27)41-23)43-22-15(35)13(33)9(29)6(2-26)40-22/h5-38H,1-4H2. The van der Waals surface area contributed by atoms with Crippen molar-refractivity contribution < 1.29 is 105 Å². The molecule has 21 heteroatoms. The van der Waals surface area contributed by atoms with E-state index in [2.05, 4.69) is 0 Å². The minimum atomic E-state index is -2.05. The lowest BCUT2D eigenvalue weighted by atomic mass is 9.95. The lowest BCUT2D eigenvalue weighted by Crippen LogP contribution is -2.67. The minimum Gasteiger partial charge on any atom is -0.394 e. The third-order valence-corrected chi connectivity index (χ3v) is 8.21. The monoisotopic (exact) mass is 666 g/mol. The molecule has 4 heterocycles. The highest BCUT2D eigenvalue weighted by Crippen LogP contribution is 2.34. The first-order valence-corrected chi connectivity index (χ1v) is 14.1. The molecule has 21 nitrogen and oxygen atoms in total. The van der Waals surface area contributed by atoms with Crippen LogP contribution in [-0.4, -0.2) is 221 Å². The van der Waals surface area contributed by atoms with E-state index in [1.54, 1.807) is 0 Å². The molecular formula is C24H42O21. The highest BCUT2D eigenvalue weighted by atomic mass is 16.8. The van der Waals surface area contributed by atoms with Crippen LogP contribution in [-0.2, 0) is 33.2 Å². The molecule has 4 aliphatic heterocycles. The van der Waals surface area contributed by atoms with E-state index >= 15 is 0 Å². The maximum atomic E-state index is 11.0. The number of aliphatic hydroxyl groups is 14. The summed E-state index contributed by atoms with van der Waals surface area (Å²) in [5, 5.41) is 143. The van der Waals surface area contributed by atoms with Gasteiger partial charge >= 0.3 is 0 Å². The van der Waals surface area contributed by atoms with Gasteiger partial charge in [-0.1, -0.05) is 0 Å². The molecule has 0 saturated carbocycles. The van der Waals surface area contributed by atoms with E-state index < -0.39 is 149 Å². The number of hydrogen-bond acceptors (Lipinski definition) is 21. The normalized spacial score (nSPS) is 52.9. The molecule has 45 heavy (non-hydrogen) atoms. The van der Waals surface area contributed by atoms with E-state index in [-0.39, 0.29) is 0 Å². The Morgan fingerprint density at radius 2 is 0.667 bits per heavy atom. The van der Waals surface area contributed by atoms with E-state index in [9.17, 15) is 71.5 Å². The van der Waals surface area contributed by atoms with Gasteiger partial charge in [0.25, 0.3) is 0 Å². The van der Waals surface area contributed by atoms with Crippen LogP contribution in [0.5, 0.6) is 0 Å². The average molecular weight is 667 g/mol. The zero-order chi connectivity index (χ0) is 33.3. The van der Waals surface area contributed by atoms with Gasteiger partial charge in [-0.2, -0.15) is 0 Å². The van der Waals surface area contributed by atoms with Crippen molar-refractivity contribution in [3.8, 4) is 0 Å². The van der Waals surface area contributed by atoms with Gasteiger partial charge in [-0.15, -0.1) is 0 Å². The average Bonchev–Trinajstić information content (AvgIpc) is 3.02. The van der Waals surface area contributed by atoms with Gasteiger partial charge in [0.15, 0.2) is 25.2 Å². The fourth-order valence-corrected chi connectivity index (χ4v) is 5.52. The number of ether oxygens (including phenoxy) is 7. The second-order valence-electron chi connectivity index (χ2n) is 11.1. The summed E-state index contributed by atoms with van der Waals surface area (Å²) < 4.78 is 37.5. The maximum absolute atomic E-state index is 11.0. The highest BCUT2D eigenvalue weighted by Gasteiger charge is 2.55. The van der Waals surface area contributed by atoms with Crippen LogP contribution < -0.4 is 0 Å². The molecule has 0 spiro atoms. The summed E-state index contributed by atoms with van der Waals surface area (Å²) in [6, 6.07) is 0. The fourth-order valence-electron chi connectivity index (χ4n) is 5.52. The Kier molecular flexibility index (Phi) is 12.8. The van der Waals surface area contributed by atoms with Crippen LogP contribution >= 0.6 is 0 Å². The molecule has 0 aromatic heterocycles. The molecule has 0 aliphatic carbocycles. The first kappa shape index (κ1) is 37.0. The number of hydrogen-bond donors (Lipinski definition) is 14. The molecule has 264 valence electrons. The predicted molar refractivity (Wildman–Crippen MR) is 134 cm³/mol. The first-order valence-electron chi connectivity index (χ1n) is 14.1. The van der Waals surface area contributed by atoms with Crippen molar-refractivity contribution in [2.24, 2.45) is 0 Å². The maximum Gasteiger partial charge on any atom is 0.187 e. The van der Waals surface area contributed by atoms with Crippen molar-refractivity contribution in [1.82, 2.24) is 0 Å². The van der Waals surface area contributed by atoms with Gasteiger partial charge in [0, 0.05) is 0 Å². The molecule has 4 aliphatic rings. The Bertz CT molecular complexity index is 916. The Labute approximate surface area is 254 Å². The van der Waals surface area contributed by atoms with Crippen molar-refractivity contribution >= 4 is 0 Å². The molecule has 0 bridgehead atoms. The van der Waals surface area contributed by atoms with Gasteiger partial charge in [0.1, 0.15) is 97.7 Å². The Morgan fingerprint density at radius 3 is 1.09 bits per heavy atom. The zero-order valence-electron chi connectivity index (χ0n) is 23.5. The quantitative estimate of drug-likeness (QED) is 0.103. The lowest BCUT2D eigenvalue weighted by molar-refractivity contribution is -0.391. The van der Waals surface area contributed by atoms with Crippen molar-refractivity contribution in [2.75, 3.05) is 26.4 Å². The SMILES string of the molecule is OCC1OC(OC2C(O)C(CO)OC(OC3C(O)C(CO)OC(OC4C(O)OC(CO)C(O)C4O)C3O)C2O)C(O)C(O)C1O. The Hall–Kier alpha value is -0.840. The van der Waals surface area contributed by atoms with E-state index in [1.165, 1.54) is 0 Å². The van der Waals surface area contributed by atoms with Crippen LogP contribution in [0.3, 0.4) is 0 Å². The molecule has 0 amide bonds. The van der Waals surface area contributed by atoms with Crippen LogP contribution in [0.4, 0.5) is 0 Å². The fraction of sp³-hybridized carbons (Fsp3) is 1.00. The Balaban J connectivity index is 1.52. The van der Waals surface area contributed by atoms with Crippen LogP contribution in [0.1, 0.15) is 0 Å². The summed E-state index contributed by atoms with van der Waals surface area (Å²) in [6.07, 6.45) is -36.1. The summed E-state index contributed by atoms with van der Waals surface area (Å²) in [5.74, 6) is 0. The van der Waals surface area contributed by atoms with Crippen LogP contribution in [0, 0.1) is 0 Å². The second kappa shape index (κ2) is 15.6. The number of aliphatic hydroxyl groups excluding tert-OH is 14. The van der Waals surface area contributed by atoms with Crippen LogP contribution in [0.25, 0.3) is 0 Å². The summed E-state index contributed by atoms with van der Waals surface area (Å²) in [4.78, 5) is 0. The van der Waals surface area contributed by atoms with Gasteiger partial charge < -0.3 is 105 Å². The molecule has 20 unspecified atom stereocenters. The molecule has 0 radical (unpaired) electrons. The van der Waals surface area contributed by atoms with E-state index in [1.807, 2.05) is 0 Å².